The lowest BCUT2D eigenvalue weighted by Gasteiger charge is -2.13. The maximum atomic E-state index is 12.8. The van der Waals surface area contributed by atoms with Crippen molar-refractivity contribution < 1.29 is 23.8 Å². The van der Waals surface area contributed by atoms with Gasteiger partial charge in [0.2, 0.25) is 0 Å². The zero-order valence-electron chi connectivity index (χ0n) is 21.5. The molecular formula is C29H32N2O5. The summed E-state index contributed by atoms with van der Waals surface area (Å²) in [6.07, 6.45) is 1.46. The van der Waals surface area contributed by atoms with Gasteiger partial charge in [0.15, 0.2) is 0 Å². The number of methoxy groups -OCH3 is 1. The third kappa shape index (κ3) is 5.44. The summed E-state index contributed by atoms with van der Waals surface area (Å²) in [5.74, 6) is 0.0342. The number of rotatable bonds is 10. The van der Waals surface area contributed by atoms with E-state index in [4.69, 9.17) is 14.2 Å². The second kappa shape index (κ2) is 12.1. The Morgan fingerprint density at radius 3 is 2.28 bits per heavy atom. The fraction of sp³-hybridized carbons (Fsp3) is 0.345. The molecular weight excluding hydrogens is 456 g/mol. The Kier molecular flexibility index (Phi) is 8.91. The highest BCUT2D eigenvalue weighted by atomic mass is 16.5. The van der Waals surface area contributed by atoms with E-state index in [-0.39, 0.29) is 12.6 Å². The molecule has 0 amide bonds. The Morgan fingerprint density at radius 2 is 1.69 bits per heavy atom. The molecule has 0 fully saturated rings. The Bertz CT molecular complexity index is 1280. The molecule has 1 aromatic heterocycles. The first-order valence-corrected chi connectivity index (χ1v) is 12.1. The predicted octanol–water partition coefficient (Wildman–Crippen LogP) is 5.47. The van der Waals surface area contributed by atoms with Crippen LogP contribution >= 0.6 is 0 Å². The molecule has 0 aliphatic heterocycles. The van der Waals surface area contributed by atoms with Crippen molar-refractivity contribution in [1.29, 1.82) is 5.26 Å². The summed E-state index contributed by atoms with van der Waals surface area (Å²) in [6.45, 7) is 6.42. The Morgan fingerprint density at radius 1 is 1.00 bits per heavy atom. The molecule has 0 saturated carbocycles. The number of hydrogen-bond acceptors (Lipinski definition) is 6. The van der Waals surface area contributed by atoms with E-state index < -0.39 is 5.97 Å². The summed E-state index contributed by atoms with van der Waals surface area (Å²) in [6, 6.07) is 15.9. The fourth-order valence-electron chi connectivity index (χ4n) is 4.39. The summed E-state index contributed by atoms with van der Waals surface area (Å²) in [7, 11) is 3.17. The van der Waals surface area contributed by atoms with Crippen molar-refractivity contribution in [2.45, 2.75) is 40.0 Å². The molecule has 0 aliphatic carbocycles. The second-order valence-corrected chi connectivity index (χ2v) is 8.21. The van der Waals surface area contributed by atoms with Crippen LogP contribution in [0.25, 0.3) is 22.3 Å². The number of aryl methyl sites for hydroxylation is 1. The van der Waals surface area contributed by atoms with Crippen LogP contribution in [0.5, 0.6) is 5.75 Å². The van der Waals surface area contributed by atoms with Crippen LogP contribution in [-0.2, 0) is 34.2 Å². The first-order valence-electron chi connectivity index (χ1n) is 12.1. The highest BCUT2D eigenvalue weighted by Crippen LogP contribution is 2.36. The molecule has 0 atom stereocenters. The van der Waals surface area contributed by atoms with Crippen molar-refractivity contribution in [2.24, 2.45) is 7.05 Å². The minimum Gasteiger partial charge on any atom is -0.493 e. The average Bonchev–Trinajstić information content (AvgIpc) is 3.19. The summed E-state index contributed by atoms with van der Waals surface area (Å²) < 4.78 is 17.7. The number of carbonyl (C=O) groups excluding carboxylic acids is 2. The van der Waals surface area contributed by atoms with E-state index in [0.717, 1.165) is 33.7 Å². The zero-order valence-corrected chi connectivity index (χ0v) is 21.5. The van der Waals surface area contributed by atoms with Gasteiger partial charge in [0.1, 0.15) is 17.5 Å². The van der Waals surface area contributed by atoms with Crippen molar-refractivity contribution in [2.75, 3.05) is 20.3 Å². The van der Waals surface area contributed by atoms with Gasteiger partial charge in [-0.25, -0.2) is 4.79 Å². The second-order valence-electron chi connectivity index (χ2n) is 8.21. The molecule has 0 unspecified atom stereocenters. The SMILES string of the molecule is CCOC(=O)c1c(-c2ccc(-c3cc(CCC(=O)OC)ccc3OCC)cc2)c(C#N)c(CC)n1C. The van der Waals surface area contributed by atoms with E-state index >= 15 is 0 Å². The number of hydrogen-bond donors (Lipinski definition) is 0. The first kappa shape index (κ1) is 26.6. The summed E-state index contributed by atoms with van der Waals surface area (Å²) in [4.78, 5) is 24.4. The van der Waals surface area contributed by atoms with Gasteiger partial charge in [0.25, 0.3) is 0 Å². The molecule has 3 rings (SSSR count). The molecule has 7 heteroatoms. The molecule has 0 saturated heterocycles. The molecule has 0 bridgehead atoms. The highest BCUT2D eigenvalue weighted by Gasteiger charge is 2.27. The Hall–Kier alpha value is -4.05. The molecule has 36 heavy (non-hydrogen) atoms. The van der Waals surface area contributed by atoms with Gasteiger partial charge < -0.3 is 18.8 Å². The zero-order chi connectivity index (χ0) is 26.2. The van der Waals surface area contributed by atoms with Crippen LogP contribution in [0.15, 0.2) is 42.5 Å². The van der Waals surface area contributed by atoms with E-state index in [9.17, 15) is 14.9 Å². The molecule has 0 aliphatic rings. The summed E-state index contributed by atoms with van der Waals surface area (Å²) in [5.41, 5.74) is 5.80. The molecule has 1 heterocycles. The number of ether oxygens (including phenoxy) is 3. The van der Waals surface area contributed by atoms with E-state index in [1.54, 1.807) is 18.5 Å². The number of nitriles is 1. The van der Waals surface area contributed by atoms with Crippen molar-refractivity contribution in [1.82, 2.24) is 4.57 Å². The number of benzene rings is 2. The van der Waals surface area contributed by atoms with Crippen LogP contribution < -0.4 is 4.74 Å². The third-order valence-corrected chi connectivity index (χ3v) is 6.11. The minimum absolute atomic E-state index is 0.248. The van der Waals surface area contributed by atoms with E-state index in [2.05, 4.69) is 6.07 Å². The summed E-state index contributed by atoms with van der Waals surface area (Å²) >= 11 is 0. The van der Waals surface area contributed by atoms with Gasteiger partial charge >= 0.3 is 11.9 Å². The number of carbonyl (C=O) groups is 2. The highest BCUT2D eigenvalue weighted by molar-refractivity contribution is 5.98. The van der Waals surface area contributed by atoms with Gasteiger partial charge in [-0.3, -0.25) is 4.79 Å². The van der Waals surface area contributed by atoms with Crippen molar-refractivity contribution in [3.05, 3.63) is 65.0 Å². The maximum Gasteiger partial charge on any atom is 0.355 e. The van der Waals surface area contributed by atoms with Gasteiger partial charge in [0.05, 0.1) is 25.9 Å². The maximum absolute atomic E-state index is 12.8. The van der Waals surface area contributed by atoms with E-state index in [1.165, 1.54) is 7.11 Å². The van der Waals surface area contributed by atoms with Gasteiger partial charge in [0, 0.05) is 30.3 Å². The number of nitrogens with zero attached hydrogens (tertiary/aromatic N) is 2. The van der Waals surface area contributed by atoms with Gasteiger partial charge in [-0.2, -0.15) is 5.26 Å². The minimum atomic E-state index is -0.452. The van der Waals surface area contributed by atoms with Crippen LogP contribution in [0, 0.1) is 11.3 Å². The number of esters is 2. The fourth-order valence-corrected chi connectivity index (χ4v) is 4.39. The van der Waals surface area contributed by atoms with E-state index in [1.807, 2.05) is 56.3 Å². The van der Waals surface area contributed by atoms with Gasteiger partial charge in [-0.05, 0) is 55.5 Å². The quantitative estimate of drug-likeness (QED) is 0.351. The summed E-state index contributed by atoms with van der Waals surface area (Å²) in [5, 5.41) is 9.94. The predicted molar refractivity (Wildman–Crippen MR) is 138 cm³/mol. The molecule has 7 nitrogen and oxygen atoms in total. The van der Waals surface area contributed by atoms with Crippen LogP contribution in [0.2, 0.25) is 0 Å². The lowest BCUT2D eigenvalue weighted by Crippen LogP contribution is -2.12. The Labute approximate surface area is 212 Å². The van der Waals surface area contributed by atoms with Gasteiger partial charge in [-0.15, -0.1) is 0 Å². The monoisotopic (exact) mass is 488 g/mol. The molecule has 0 radical (unpaired) electrons. The largest absolute Gasteiger partial charge is 0.493 e. The standard InChI is InChI=1S/C29H32N2O5/c1-6-24-23(18-30)27(28(31(24)4)29(33)36-8-3)21-13-11-20(12-14-21)22-17-19(10-16-26(32)34-5)9-15-25(22)35-7-2/h9,11-15,17H,6-8,10,16H2,1-5H3. The third-order valence-electron chi connectivity index (χ3n) is 6.11. The lowest BCUT2D eigenvalue weighted by molar-refractivity contribution is -0.140. The van der Waals surface area contributed by atoms with Crippen molar-refractivity contribution in [3.63, 3.8) is 0 Å². The molecule has 3 aromatic rings. The normalized spacial score (nSPS) is 10.6. The topological polar surface area (TPSA) is 90.6 Å². The van der Waals surface area contributed by atoms with Gasteiger partial charge in [-0.1, -0.05) is 37.3 Å². The van der Waals surface area contributed by atoms with Crippen LogP contribution in [0.1, 0.15) is 54.5 Å². The average molecular weight is 489 g/mol. The Balaban J connectivity index is 2.08. The van der Waals surface area contributed by atoms with Crippen molar-refractivity contribution in [3.8, 4) is 34.1 Å². The number of aromatic nitrogens is 1. The molecule has 188 valence electrons. The van der Waals surface area contributed by atoms with E-state index in [0.29, 0.717) is 42.7 Å². The molecule has 0 N–H and O–H groups in total. The smallest absolute Gasteiger partial charge is 0.355 e. The molecule has 0 spiro atoms. The van der Waals surface area contributed by atoms with Crippen LogP contribution in [0.4, 0.5) is 0 Å². The van der Waals surface area contributed by atoms with Crippen LogP contribution in [-0.4, -0.2) is 36.8 Å². The lowest BCUT2D eigenvalue weighted by atomic mass is 9.95. The first-order chi connectivity index (χ1) is 17.4. The van der Waals surface area contributed by atoms with Crippen molar-refractivity contribution >= 4 is 11.9 Å². The molecule has 2 aromatic carbocycles. The van der Waals surface area contributed by atoms with Crippen LogP contribution in [0.3, 0.4) is 0 Å².